The second-order valence-corrected chi connectivity index (χ2v) is 7.47. The van der Waals surface area contributed by atoms with E-state index in [4.69, 9.17) is 0 Å². The second-order valence-electron chi connectivity index (χ2n) is 7.47. The molecule has 0 spiro atoms. The van der Waals surface area contributed by atoms with Crippen molar-refractivity contribution in [3.05, 3.63) is 52.6 Å². The zero-order valence-corrected chi connectivity index (χ0v) is 16.9. The van der Waals surface area contributed by atoms with Gasteiger partial charge < -0.3 is 15.2 Å². The van der Waals surface area contributed by atoms with Crippen LogP contribution in [0.25, 0.3) is 0 Å². The van der Waals surface area contributed by atoms with Crippen molar-refractivity contribution in [3.8, 4) is 0 Å². The van der Waals surface area contributed by atoms with E-state index in [0.29, 0.717) is 24.6 Å². The number of benzene rings is 1. The van der Waals surface area contributed by atoms with Gasteiger partial charge in [-0.25, -0.2) is 4.98 Å². The minimum absolute atomic E-state index is 0.183. The van der Waals surface area contributed by atoms with Crippen LogP contribution in [0.1, 0.15) is 77.0 Å². The van der Waals surface area contributed by atoms with E-state index in [-0.39, 0.29) is 11.8 Å². The Balaban J connectivity index is 1.71. The van der Waals surface area contributed by atoms with Gasteiger partial charge in [0.15, 0.2) is 5.82 Å². The SMILES string of the molecule is CCCCCNC(=O)c1nc(C(=O)NCc2ccc(C)cc2)c2n1CCCC2. The lowest BCUT2D eigenvalue weighted by Crippen LogP contribution is -2.28. The molecule has 0 radical (unpaired) electrons. The summed E-state index contributed by atoms with van der Waals surface area (Å²) in [6.45, 7) is 6.00. The lowest BCUT2D eigenvalue weighted by atomic mass is 10.1. The number of fused-ring (bicyclic) bond motifs is 1. The van der Waals surface area contributed by atoms with Crippen LogP contribution in [0.5, 0.6) is 0 Å². The van der Waals surface area contributed by atoms with Gasteiger partial charge in [-0.05, 0) is 38.2 Å². The summed E-state index contributed by atoms with van der Waals surface area (Å²) in [7, 11) is 0. The Labute approximate surface area is 166 Å². The van der Waals surface area contributed by atoms with Crippen LogP contribution in [-0.2, 0) is 19.5 Å². The van der Waals surface area contributed by atoms with Crippen LogP contribution in [0.4, 0.5) is 0 Å². The van der Waals surface area contributed by atoms with Crippen molar-refractivity contribution in [2.24, 2.45) is 0 Å². The molecule has 2 amide bonds. The van der Waals surface area contributed by atoms with Crippen LogP contribution in [0.15, 0.2) is 24.3 Å². The van der Waals surface area contributed by atoms with Crippen LogP contribution in [-0.4, -0.2) is 27.9 Å². The number of amides is 2. The van der Waals surface area contributed by atoms with E-state index in [9.17, 15) is 9.59 Å². The lowest BCUT2D eigenvalue weighted by Gasteiger charge is -2.17. The molecule has 1 aliphatic rings. The summed E-state index contributed by atoms with van der Waals surface area (Å²) in [6, 6.07) is 8.07. The molecule has 6 heteroatoms. The first-order chi connectivity index (χ1) is 13.6. The average molecular weight is 383 g/mol. The molecule has 0 saturated carbocycles. The molecule has 150 valence electrons. The number of hydrogen-bond donors (Lipinski definition) is 2. The normalized spacial score (nSPS) is 13.1. The van der Waals surface area contributed by atoms with Crippen molar-refractivity contribution in [1.29, 1.82) is 0 Å². The summed E-state index contributed by atoms with van der Waals surface area (Å²) in [6.07, 6.45) is 5.96. The van der Waals surface area contributed by atoms with Crippen molar-refractivity contribution in [2.45, 2.75) is 65.5 Å². The highest BCUT2D eigenvalue weighted by atomic mass is 16.2. The topological polar surface area (TPSA) is 76.0 Å². The third kappa shape index (κ3) is 4.80. The molecule has 0 bridgehead atoms. The molecule has 28 heavy (non-hydrogen) atoms. The van der Waals surface area contributed by atoms with Crippen molar-refractivity contribution in [2.75, 3.05) is 6.54 Å². The van der Waals surface area contributed by atoms with Gasteiger partial charge in [0.25, 0.3) is 11.8 Å². The number of carbonyl (C=O) groups is 2. The smallest absolute Gasteiger partial charge is 0.287 e. The Bertz CT molecular complexity index is 824. The van der Waals surface area contributed by atoms with Crippen molar-refractivity contribution >= 4 is 11.8 Å². The molecule has 2 heterocycles. The minimum atomic E-state index is -0.212. The first-order valence-electron chi connectivity index (χ1n) is 10.3. The van der Waals surface area contributed by atoms with Crippen LogP contribution < -0.4 is 10.6 Å². The highest BCUT2D eigenvalue weighted by molar-refractivity contribution is 5.97. The van der Waals surface area contributed by atoms with Gasteiger partial charge in [0.05, 0.1) is 5.69 Å². The standard InChI is InChI=1S/C22H30N4O2/c1-3-4-6-13-23-22(28)20-25-19(18-8-5-7-14-26(18)20)21(27)24-15-17-11-9-16(2)10-12-17/h9-12H,3-8,13-15H2,1-2H3,(H,23,28)(H,24,27). The van der Waals surface area contributed by atoms with E-state index in [1.807, 2.05) is 35.8 Å². The number of nitrogens with one attached hydrogen (secondary N) is 2. The molecule has 0 saturated heterocycles. The molecular weight excluding hydrogens is 352 g/mol. The van der Waals surface area contributed by atoms with Gasteiger partial charge in [0, 0.05) is 19.6 Å². The molecule has 1 aliphatic heterocycles. The van der Waals surface area contributed by atoms with Gasteiger partial charge in [0.1, 0.15) is 5.69 Å². The molecular formula is C22H30N4O2. The third-order valence-corrected chi connectivity index (χ3v) is 5.18. The van der Waals surface area contributed by atoms with Crippen LogP contribution in [0.2, 0.25) is 0 Å². The fourth-order valence-electron chi connectivity index (χ4n) is 3.53. The molecule has 2 aromatic rings. The first kappa shape index (κ1) is 20.1. The predicted molar refractivity (Wildman–Crippen MR) is 109 cm³/mol. The first-order valence-corrected chi connectivity index (χ1v) is 10.3. The molecule has 0 fully saturated rings. The number of unbranched alkanes of at least 4 members (excludes halogenated alkanes) is 2. The molecule has 6 nitrogen and oxygen atoms in total. The number of hydrogen-bond acceptors (Lipinski definition) is 3. The van der Waals surface area contributed by atoms with E-state index >= 15 is 0 Å². The number of aryl methyl sites for hydroxylation is 1. The minimum Gasteiger partial charge on any atom is -0.349 e. The molecule has 1 aromatic heterocycles. The highest BCUT2D eigenvalue weighted by Crippen LogP contribution is 2.21. The summed E-state index contributed by atoms with van der Waals surface area (Å²) in [4.78, 5) is 29.8. The molecule has 1 aromatic carbocycles. The van der Waals surface area contributed by atoms with Crippen LogP contribution in [0, 0.1) is 6.92 Å². The van der Waals surface area contributed by atoms with Gasteiger partial charge in [-0.15, -0.1) is 0 Å². The van der Waals surface area contributed by atoms with E-state index < -0.39 is 0 Å². The Morgan fingerprint density at radius 2 is 1.86 bits per heavy atom. The van der Waals surface area contributed by atoms with Crippen LogP contribution >= 0.6 is 0 Å². The molecule has 3 rings (SSSR count). The molecule has 2 N–H and O–H groups in total. The summed E-state index contributed by atoms with van der Waals surface area (Å²) >= 11 is 0. The maximum absolute atomic E-state index is 12.8. The van der Waals surface area contributed by atoms with E-state index in [1.54, 1.807) is 0 Å². The lowest BCUT2D eigenvalue weighted by molar-refractivity contribution is 0.0937. The second kappa shape index (κ2) is 9.53. The number of aromatic nitrogens is 2. The van der Waals surface area contributed by atoms with Crippen molar-refractivity contribution in [1.82, 2.24) is 20.2 Å². The van der Waals surface area contributed by atoms with E-state index in [0.717, 1.165) is 56.3 Å². The van der Waals surface area contributed by atoms with Gasteiger partial charge in [-0.1, -0.05) is 49.6 Å². The predicted octanol–water partition coefficient (Wildman–Crippen LogP) is 3.38. The number of carbonyl (C=O) groups excluding carboxylic acids is 2. The highest BCUT2D eigenvalue weighted by Gasteiger charge is 2.27. The van der Waals surface area contributed by atoms with Gasteiger partial charge in [-0.3, -0.25) is 9.59 Å². The molecule has 0 atom stereocenters. The van der Waals surface area contributed by atoms with Gasteiger partial charge >= 0.3 is 0 Å². The zero-order chi connectivity index (χ0) is 19.9. The summed E-state index contributed by atoms with van der Waals surface area (Å²) in [5.41, 5.74) is 3.51. The Morgan fingerprint density at radius 1 is 1.07 bits per heavy atom. The summed E-state index contributed by atoms with van der Waals surface area (Å²) in [5.74, 6) is -0.0280. The molecule has 0 aliphatic carbocycles. The summed E-state index contributed by atoms with van der Waals surface area (Å²) in [5, 5.41) is 5.90. The third-order valence-electron chi connectivity index (χ3n) is 5.18. The summed E-state index contributed by atoms with van der Waals surface area (Å²) < 4.78 is 1.93. The Kier molecular flexibility index (Phi) is 6.85. The van der Waals surface area contributed by atoms with Gasteiger partial charge in [0.2, 0.25) is 0 Å². The average Bonchev–Trinajstić information content (AvgIpc) is 3.10. The molecule has 0 unspecified atom stereocenters. The Hall–Kier alpha value is -2.63. The fraction of sp³-hybridized carbons (Fsp3) is 0.500. The Morgan fingerprint density at radius 3 is 2.61 bits per heavy atom. The zero-order valence-electron chi connectivity index (χ0n) is 16.9. The van der Waals surface area contributed by atoms with Crippen molar-refractivity contribution < 1.29 is 9.59 Å². The number of imidazole rings is 1. The van der Waals surface area contributed by atoms with E-state index in [1.165, 1.54) is 5.56 Å². The van der Waals surface area contributed by atoms with E-state index in [2.05, 4.69) is 22.5 Å². The van der Waals surface area contributed by atoms with Gasteiger partial charge in [-0.2, -0.15) is 0 Å². The fourth-order valence-corrected chi connectivity index (χ4v) is 3.53. The monoisotopic (exact) mass is 382 g/mol. The van der Waals surface area contributed by atoms with Crippen molar-refractivity contribution in [3.63, 3.8) is 0 Å². The maximum Gasteiger partial charge on any atom is 0.287 e. The number of rotatable bonds is 8. The largest absolute Gasteiger partial charge is 0.349 e. The maximum atomic E-state index is 12.8. The van der Waals surface area contributed by atoms with Crippen LogP contribution in [0.3, 0.4) is 0 Å². The number of nitrogens with zero attached hydrogens (tertiary/aromatic N) is 2. The quantitative estimate of drug-likeness (QED) is 0.687.